The summed E-state index contributed by atoms with van der Waals surface area (Å²) in [5, 5.41) is 4.45. The van der Waals surface area contributed by atoms with Crippen molar-refractivity contribution in [2.45, 2.75) is 33.1 Å². The monoisotopic (exact) mass is 290 g/mol. The molecule has 1 heterocycles. The number of aromatic nitrogens is 2. The van der Waals surface area contributed by atoms with Crippen LogP contribution in [0.1, 0.15) is 43.9 Å². The maximum atomic E-state index is 13.4. The first-order valence-electron chi connectivity index (χ1n) is 6.86. The van der Waals surface area contributed by atoms with Crippen LogP contribution in [0.25, 0.3) is 5.69 Å². The van der Waals surface area contributed by atoms with E-state index < -0.39 is 5.97 Å². The fraction of sp³-hybridized carbons (Fsp3) is 0.375. The molecule has 1 aromatic carbocycles. The van der Waals surface area contributed by atoms with Gasteiger partial charge in [0.15, 0.2) is 5.69 Å². The summed E-state index contributed by atoms with van der Waals surface area (Å²) in [6.07, 6.45) is 0. The molecule has 2 rings (SSSR count). The maximum Gasteiger partial charge on any atom is 0.357 e. The van der Waals surface area contributed by atoms with Gasteiger partial charge in [-0.1, -0.05) is 26.8 Å². The smallest absolute Gasteiger partial charge is 0.357 e. The number of halogens is 1. The molecule has 21 heavy (non-hydrogen) atoms. The van der Waals surface area contributed by atoms with E-state index in [1.807, 2.05) is 20.8 Å². The molecule has 0 aliphatic rings. The van der Waals surface area contributed by atoms with E-state index in [4.69, 9.17) is 4.74 Å². The fourth-order valence-corrected chi connectivity index (χ4v) is 1.90. The van der Waals surface area contributed by atoms with Crippen molar-refractivity contribution in [3.8, 4) is 5.69 Å². The molecule has 0 saturated heterocycles. The van der Waals surface area contributed by atoms with Gasteiger partial charge in [0.2, 0.25) is 0 Å². The summed E-state index contributed by atoms with van der Waals surface area (Å²) in [6.45, 7) is 8.02. The van der Waals surface area contributed by atoms with Gasteiger partial charge in [-0.15, -0.1) is 0 Å². The summed E-state index contributed by atoms with van der Waals surface area (Å²) >= 11 is 0. The third kappa shape index (κ3) is 3.29. The van der Waals surface area contributed by atoms with Crippen molar-refractivity contribution >= 4 is 5.97 Å². The third-order valence-corrected chi connectivity index (χ3v) is 3.02. The number of ether oxygens (including phenoxy) is 1. The highest BCUT2D eigenvalue weighted by atomic mass is 19.1. The Labute approximate surface area is 123 Å². The third-order valence-electron chi connectivity index (χ3n) is 3.02. The Morgan fingerprint density at radius 1 is 1.33 bits per heavy atom. The van der Waals surface area contributed by atoms with E-state index in [2.05, 4.69) is 5.10 Å². The maximum absolute atomic E-state index is 13.4. The second kappa shape index (κ2) is 5.68. The van der Waals surface area contributed by atoms with Crippen LogP contribution >= 0.6 is 0 Å². The minimum absolute atomic E-state index is 0.222. The van der Waals surface area contributed by atoms with Gasteiger partial charge in [0.1, 0.15) is 5.82 Å². The highest BCUT2D eigenvalue weighted by molar-refractivity contribution is 5.88. The molecule has 0 unspecified atom stereocenters. The van der Waals surface area contributed by atoms with E-state index in [9.17, 15) is 9.18 Å². The molecule has 0 radical (unpaired) electrons. The number of benzene rings is 1. The predicted octanol–water partition coefficient (Wildman–Crippen LogP) is 3.49. The molecule has 0 bridgehead atoms. The SMILES string of the molecule is CCOC(=O)c1cc(C(C)(C)C)nn1-c1cccc(F)c1. The van der Waals surface area contributed by atoms with Gasteiger partial charge in [-0.25, -0.2) is 13.9 Å². The normalized spacial score (nSPS) is 11.5. The van der Waals surface area contributed by atoms with Crippen LogP contribution < -0.4 is 0 Å². The fourth-order valence-electron chi connectivity index (χ4n) is 1.90. The summed E-state index contributed by atoms with van der Waals surface area (Å²) in [7, 11) is 0. The summed E-state index contributed by atoms with van der Waals surface area (Å²) < 4.78 is 19.9. The highest BCUT2D eigenvalue weighted by Crippen LogP contribution is 2.24. The lowest BCUT2D eigenvalue weighted by Gasteiger charge is -2.14. The Balaban J connectivity index is 2.57. The van der Waals surface area contributed by atoms with Gasteiger partial charge in [-0.2, -0.15) is 5.10 Å². The van der Waals surface area contributed by atoms with Crippen molar-refractivity contribution in [2.75, 3.05) is 6.61 Å². The quantitative estimate of drug-likeness (QED) is 0.813. The molecule has 0 aliphatic carbocycles. The van der Waals surface area contributed by atoms with Gasteiger partial charge in [0.05, 0.1) is 18.0 Å². The van der Waals surface area contributed by atoms with Crippen LogP contribution in [0.3, 0.4) is 0 Å². The lowest BCUT2D eigenvalue weighted by molar-refractivity contribution is 0.0515. The van der Waals surface area contributed by atoms with E-state index in [0.29, 0.717) is 11.4 Å². The minimum atomic E-state index is -0.468. The van der Waals surface area contributed by atoms with Gasteiger partial charge in [-0.3, -0.25) is 0 Å². The highest BCUT2D eigenvalue weighted by Gasteiger charge is 2.24. The van der Waals surface area contributed by atoms with E-state index >= 15 is 0 Å². The second-order valence-corrected chi connectivity index (χ2v) is 5.78. The van der Waals surface area contributed by atoms with Gasteiger partial charge in [0, 0.05) is 5.41 Å². The number of hydrogen-bond acceptors (Lipinski definition) is 3. The van der Waals surface area contributed by atoms with Crippen molar-refractivity contribution in [2.24, 2.45) is 0 Å². The number of carbonyl (C=O) groups excluding carboxylic acids is 1. The van der Waals surface area contributed by atoms with Gasteiger partial charge in [-0.05, 0) is 31.2 Å². The van der Waals surface area contributed by atoms with Crippen molar-refractivity contribution in [1.29, 1.82) is 0 Å². The lowest BCUT2D eigenvalue weighted by atomic mass is 9.92. The molecule has 0 fully saturated rings. The standard InChI is InChI=1S/C16H19FN2O2/c1-5-21-15(20)13-10-14(16(2,3)4)18-19(13)12-8-6-7-11(17)9-12/h6-10H,5H2,1-4H3. The van der Waals surface area contributed by atoms with Gasteiger partial charge in [0.25, 0.3) is 0 Å². The molecule has 0 N–H and O–H groups in total. The first-order valence-corrected chi connectivity index (χ1v) is 6.86. The van der Waals surface area contributed by atoms with Crippen LogP contribution in [0.15, 0.2) is 30.3 Å². The number of rotatable bonds is 3. The molecule has 4 nitrogen and oxygen atoms in total. The Bertz CT molecular complexity index is 657. The van der Waals surface area contributed by atoms with Crippen LogP contribution in [-0.2, 0) is 10.2 Å². The van der Waals surface area contributed by atoms with Crippen molar-refractivity contribution in [3.05, 3.63) is 47.5 Å². The zero-order chi connectivity index (χ0) is 15.6. The average Bonchev–Trinajstić information content (AvgIpc) is 2.84. The van der Waals surface area contributed by atoms with Crippen molar-refractivity contribution in [3.63, 3.8) is 0 Å². The summed E-state index contributed by atoms with van der Waals surface area (Å²) in [4.78, 5) is 12.1. The van der Waals surface area contributed by atoms with Crippen LogP contribution in [0.5, 0.6) is 0 Å². The lowest BCUT2D eigenvalue weighted by Crippen LogP contribution is -2.13. The van der Waals surface area contributed by atoms with Gasteiger partial charge >= 0.3 is 5.97 Å². The first-order chi connectivity index (χ1) is 9.82. The Hall–Kier alpha value is -2.17. The molecular formula is C16H19FN2O2. The molecule has 0 amide bonds. The topological polar surface area (TPSA) is 44.1 Å². The molecule has 1 aromatic heterocycles. The van der Waals surface area contributed by atoms with E-state index in [-0.39, 0.29) is 17.8 Å². The van der Waals surface area contributed by atoms with Crippen molar-refractivity contribution < 1.29 is 13.9 Å². The Morgan fingerprint density at radius 3 is 2.62 bits per heavy atom. The number of nitrogens with zero attached hydrogens (tertiary/aromatic N) is 2. The van der Waals surface area contributed by atoms with Crippen LogP contribution in [0.4, 0.5) is 4.39 Å². The largest absolute Gasteiger partial charge is 0.461 e. The molecular weight excluding hydrogens is 271 g/mol. The van der Waals surface area contributed by atoms with Crippen LogP contribution in [0, 0.1) is 5.82 Å². The predicted molar refractivity (Wildman–Crippen MR) is 78.2 cm³/mol. The Morgan fingerprint density at radius 2 is 2.05 bits per heavy atom. The molecule has 112 valence electrons. The molecule has 0 aliphatic heterocycles. The van der Waals surface area contributed by atoms with E-state index in [1.165, 1.54) is 16.8 Å². The number of esters is 1. The second-order valence-electron chi connectivity index (χ2n) is 5.78. The summed E-state index contributed by atoms with van der Waals surface area (Å²) in [6, 6.07) is 7.66. The molecule has 0 spiro atoms. The zero-order valence-electron chi connectivity index (χ0n) is 12.7. The van der Waals surface area contributed by atoms with Gasteiger partial charge < -0.3 is 4.74 Å². The average molecular weight is 290 g/mol. The Kier molecular flexibility index (Phi) is 4.11. The van der Waals surface area contributed by atoms with Crippen LogP contribution in [0.2, 0.25) is 0 Å². The summed E-state index contributed by atoms with van der Waals surface area (Å²) in [5.41, 5.74) is 1.32. The molecule has 2 aromatic rings. The molecule has 5 heteroatoms. The zero-order valence-corrected chi connectivity index (χ0v) is 12.7. The molecule has 0 saturated carbocycles. The molecule has 0 atom stereocenters. The number of carbonyl (C=O) groups is 1. The van der Waals surface area contributed by atoms with Crippen LogP contribution in [-0.4, -0.2) is 22.4 Å². The van der Waals surface area contributed by atoms with E-state index in [0.717, 1.165) is 5.69 Å². The first kappa shape index (κ1) is 15.2. The summed E-state index contributed by atoms with van der Waals surface area (Å²) in [5.74, 6) is -0.847. The number of hydrogen-bond donors (Lipinski definition) is 0. The van der Waals surface area contributed by atoms with Crippen molar-refractivity contribution in [1.82, 2.24) is 9.78 Å². The van der Waals surface area contributed by atoms with E-state index in [1.54, 1.807) is 25.1 Å². The minimum Gasteiger partial charge on any atom is -0.461 e.